The highest BCUT2D eigenvalue weighted by Crippen LogP contribution is 2.42. The van der Waals surface area contributed by atoms with Crippen molar-refractivity contribution >= 4 is 5.91 Å². The molecule has 0 saturated carbocycles. The summed E-state index contributed by atoms with van der Waals surface area (Å²) in [4.78, 5) is 13.8. The molecule has 0 saturated heterocycles. The Labute approximate surface area is 219 Å². The third-order valence-electron chi connectivity index (χ3n) is 7.13. The van der Waals surface area contributed by atoms with E-state index in [1.807, 2.05) is 30.3 Å². The van der Waals surface area contributed by atoms with Crippen LogP contribution in [-0.2, 0) is 10.2 Å². The topological polar surface area (TPSA) is 29.1 Å². The summed E-state index contributed by atoms with van der Waals surface area (Å²) in [6.45, 7) is 0.529. The minimum atomic E-state index is -0.608. The molecular weight excluding hydrogens is 450 g/mol. The second kappa shape index (κ2) is 11.5. The number of hydrogen-bond donors (Lipinski definition) is 1. The average molecular weight is 482 g/mol. The maximum absolute atomic E-state index is 13.8. The van der Waals surface area contributed by atoms with Crippen LogP contribution in [0.5, 0.6) is 0 Å². The molecule has 0 radical (unpaired) electrons. The third kappa shape index (κ3) is 5.39. The van der Waals surface area contributed by atoms with Crippen molar-refractivity contribution in [2.75, 3.05) is 6.54 Å². The minimum absolute atomic E-state index is 0.0217. The largest absolute Gasteiger partial charge is 0.355 e. The van der Waals surface area contributed by atoms with Crippen LogP contribution in [0, 0.1) is 0 Å². The summed E-state index contributed by atoms with van der Waals surface area (Å²) in [6, 6.07) is 51.9. The highest BCUT2D eigenvalue weighted by atomic mass is 16.1. The van der Waals surface area contributed by atoms with Gasteiger partial charge in [-0.15, -0.1) is 0 Å². The van der Waals surface area contributed by atoms with Crippen LogP contribution < -0.4 is 5.32 Å². The molecule has 0 heterocycles. The summed E-state index contributed by atoms with van der Waals surface area (Å²) in [5.41, 5.74) is 5.08. The van der Waals surface area contributed by atoms with Gasteiger partial charge >= 0.3 is 0 Å². The Kier molecular flexibility index (Phi) is 7.57. The van der Waals surface area contributed by atoms with E-state index in [2.05, 4.69) is 127 Å². The van der Waals surface area contributed by atoms with Crippen molar-refractivity contribution in [2.24, 2.45) is 0 Å². The molecule has 2 heteroatoms. The first-order chi connectivity index (χ1) is 18.3. The molecule has 5 aromatic carbocycles. The van der Waals surface area contributed by atoms with E-state index in [-0.39, 0.29) is 11.8 Å². The lowest BCUT2D eigenvalue weighted by atomic mass is 9.67. The summed E-state index contributed by atoms with van der Waals surface area (Å²) in [7, 11) is 0. The minimum Gasteiger partial charge on any atom is -0.355 e. The predicted octanol–water partition coefficient (Wildman–Crippen LogP) is 7.36. The van der Waals surface area contributed by atoms with Crippen molar-refractivity contribution in [2.45, 2.75) is 17.8 Å². The van der Waals surface area contributed by atoms with Gasteiger partial charge in [0, 0.05) is 18.9 Å². The fourth-order valence-corrected chi connectivity index (χ4v) is 5.29. The third-order valence-corrected chi connectivity index (χ3v) is 7.13. The molecule has 0 unspecified atom stereocenters. The first kappa shape index (κ1) is 24.3. The second-order valence-corrected chi connectivity index (χ2v) is 9.36. The normalized spacial score (nSPS) is 11.3. The van der Waals surface area contributed by atoms with Gasteiger partial charge in [0.1, 0.15) is 0 Å². The number of carbonyl (C=O) groups excluding carboxylic acids is 1. The van der Waals surface area contributed by atoms with Gasteiger partial charge in [-0.2, -0.15) is 0 Å². The zero-order chi connectivity index (χ0) is 25.3. The van der Waals surface area contributed by atoms with Crippen LogP contribution >= 0.6 is 0 Å². The van der Waals surface area contributed by atoms with E-state index in [0.29, 0.717) is 13.0 Å². The fraction of sp³-hybridized carbons (Fsp3) is 0.114. The molecule has 0 spiro atoms. The Morgan fingerprint density at radius 2 is 0.838 bits per heavy atom. The molecule has 0 aliphatic rings. The van der Waals surface area contributed by atoms with Crippen molar-refractivity contribution < 1.29 is 4.79 Å². The average Bonchev–Trinajstić information content (AvgIpc) is 2.98. The second-order valence-electron chi connectivity index (χ2n) is 9.36. The lowest BCUT2D eigenvalue weighted by Crippen LogP contribution is -2.38. The van der Waals surface area contributed by atoms with E-state index in [4.69, 9.17) is 0 Å². The molecule has 5 aromatic rings. The Morgan fingerprint density at radius 1 is 0.514 bits per heavy atom. The number of rotatable bonds is 9. The zero-order valence-corrected chi connectivity index (χ0v) is 20.8. The monoisotopic (exact) mass is 481 g/mol. The maximum Gasteiger partial charge on any atom is 0.221 e. The number of amides is 1. The van der Waals surface area contributed by atoms with Crippen LogP contribution in [0.2, 0.25) is 0 Å². The molecule has 1 amide bonds. The first-order valence-electron chi connectivity index (χ1n) is 12.8. The fourth-order valence-electron chi connectivity index (χ4n) is 5.29. The zero-order valence-electron chi connectivity index (χ0n) is 20.8. The smallest absolute Gasteiger partial charge is 0.221 e. The van der Waals surface area contributed by atoms with Crippen molar-refractivity contribution in [1.82, 2.24) is 5.32 Å². The Morgan fingerprint density at radius 3 is 1.19 bits per heavy atom. The Bertz CT molecular complexity index is 1250. The van der Waals surface area contributed by atoms with E-state index in [9.17, 15) is 4.79 Å². The summed E-state index contributed by atoms with van der Waals surface area (Å²) in [5.74, 6) is 0.0966. The maximum atomic E-state index is 13.8. The van der Waals surface area contributed by atoms with Crippen LogP contribution in [0.4, 0.5) is 0 Å². The number of carbonyl (C=O) groups is 1. The summed E-state index contributed by atoms with van der Waals surface area (Å²) >= 11 is 0. The van der Waals surface area contributed by atoms with E-state index in [1.165, 1.54) is 11.1 Å². The highest BCUT2D eigenvalue weighted by Gasteiger charge is 2.38. The van der Waals surface area contributed by atoms with Gasteiger partial charge in [-0.05, 0) is 27.8 Å². The summed E-state index contributed by atoms with van der Waals surface area (Å²) in [6.07, 6.45) is 0.307. The first-order valence-corrected chi connectivity index (χ1v) is 12.8. The van der Waals surface area contributed by atoms with Crippen LogP contribution in [0.3, 0.4) is 0 Å². The van der Waals surface area contributed by atoms with Gasteiger partial charge in [0.25, 0.3) is 0 Å². The summed E-state index contributed by atoms with van der Waals surface area (Å²) in [5, 5.41) is 3.31. The number of nitrogens with one attached hydrogen (secondary N) is 1. The van der Waals surface area contributed by atoms with E-state index in [1.54, 1.807) is 0 Å². The molecule has 0 aliphatic heterocycles. The van der Waals surface area contributed by atoms with Gasteiger partial charge < -0.3 is 5.32 Å². The lowest BCUT2D eigenvalue weighted by molar-refractivity contribution is -0.121. The SMILES string of the molecule is O=C(CC(c1ccccc1)(c1ccccc1)c1ccccc1)NCC(c1ccccc1)c1ccccc1. The lowest BCUT2D eigenvalue weighted by Gasteiger charge is -2.35. The van der Waals surface area contributed by atoms with Gasteiger partial charge in [0.2, 0.25) is 5.91 Å². The molecule has 5 rings (SSSR count). The van der Waals surface area contributed by atoms with Crippen molar-refractivity contribution in [3.8, 4) is 0 Å². The molecule has 0 fully saturated rings. The van der Waals surface area contributed by atoms with Crippen molar-refractivity contribution in [3.63, 3.8) is 0 Å². The van der Waals surface area contributed by atoms with Gasteiger partial charge in [-0.1, -0.05) is 152 Å². The number of hydrogen-bond acceptors (Lipinski definition) is 1. The van der Waals surface area contributed by atoms with Gasteiger partial charge in [0.05, 0.1) is 5.41 Å². The van der Waals surface area contributed by atoms with Crippen LogP contribution in [0.15, 0.2) is 152 Å². The van der Waals surface area contributed by atoms with E-state index < -0.39 is 5.41 Å². The predicted molar refractivity (Wildman–Crippen MR) is 152 cm³/mol. The molecule has 182 valence electrons. The molecule has 1 N–H and O–H groups in total. The van der Waals surface area contributed by atoms with Crippen molar-refractivity contribution in [3.05, 3.63) is 179 Å². The molecular formula is C35H31NO. The number of benzene rings is 5. The molecule has 2 nitrogen and oxygen atoms in total. The van der Waals surface area contributed by atoms with Gasteiger partial charge in [0.15, 0.2) is 0 Å². The van der Waals surface area contributed by atoms with Crippen molar-refractivity contribution in [1.29, 1.82) is 0 Å². The van der Waals surface area contributed by atoms with Crippen LogP contribution in [0.25, 0.3) is 0 Å². The van der Waals surface area contributed by atoms with Crippen LogP contribution in [-0.4, -0.2) is 12.5 Å². The summed E-state index contributed by atoms with van der Waals surface area (Å²) < 4.78 is 0. The molecule has 37 heavy (non-hydrogen) atoms. The van der Waals surface area contributed by atoms with E-state index >= 15 is 0 Å². The van der Waals surface area contributed by atoms with Gasteiger partial charge in [-0.3, -0.25) is 4.79 Å². The van der Waals surface area contributed by atoms with E-state index in [0.717, 1.165) is 16.7 Å². The quantitative estimate of drug-likeness (QED) is 0.219. The van der Waals surface area contributed by atoms with Crippen LogP contribution in [0.1, 0.15) is 40.2 Å². The van der Waals surface area contributed by atoms with Gasteiger partial charge in [-0.25, -0.2) is 0 Å². The Hall–Kier alpha value is -4.43. The highest BCUT2D eigenvalue weighted by molar-refractivity contribution is 5.80. The molecule has 0 aromatic heterocycles. The molecule has 0 aliphatic carbocycles. The molecule has 0 bridgehead atoms. The standard InChI is InChI=1S/C35H31NO/c37-34(36-27-33(28-16-6-1-7-17-28)29-18-8-2-9-19-29)26-35(30-20-10-3-11-21-30,31-22-12-4-13-23-31)32-24-14-5-15-25-32/h1-25,33H,26-27H2,(H,36,37). The Balaban J connectivity index is 1.50. The molecule has 0 atom stereocenters.